The fourth-order valence-corrected chi connectivity index (χ4v) is 3.34. The molecule has 2 rings (SSSR count). The lowest BCUT2D eigenvalue weighted by atomic mass is 9.99. The second-order valence-electron chi connectivity index (χ2n) is 5.45. The van der Waals surface area contributed by atoms with Crippen molar-refractivity contribution in [3.8, 4) is 0 Å². The van der Waals surface area contributed by atoms with Gasteiger partial charge in [0.05, 0.1) is 0 Å². The number of rotatable bonds is 5. The summed E-state index contributed by atoms with van der Waals surface area (Å²) in [5, 5.41) is 2.13. The van der Waals surface area contributed by atoms with Crippen LogP contribution in [0.2, 0.25) is 0 Å². The van der Waals surface area contributed by atoms with Crippen LogP contribution in [0.1, 0.15) is 40.6 Å². The van der Waals surface area contributed by atoms with E-state index < -0.39 is 0 Å². The summed E-state index contributed by atoms with van der Waals surface area (Å²) in [7, 11) is 2.16. The summed E-state index contributed by atoms with van der Waals surface area (Å²) < 4.78 is 0. The van der Waals surface area contributed by atoms with Crippen LogP contribution in [0, 0.1) is 13.8 Å². The fourth-order valence-electron chi connectivity index (χ4n) is 2.51. The Labute approximate surface area is 126 Å². The summed E-state index contributed by atoms with van der Waals surface area (Å²) in [4.78, 5) is 3.76. The van der Waals surface area contributed by atoms with Crippen molar-refractivity contribution in [3.63, 3.8) is 0 Å². The predicted molar refractivity (Wildman–Crippen MR) is 88.2 cm³/mol. The highest BCUT2D eigenvalue weighted by atomic mass is 32.1. The number of benzene rings is 1. The second-order valence-corrected chi connectivity index (χ2v) is 6.43. The molecule has 0 spiro atoms. The van der Waals surface area contributed by atoms with Crippen LogP contribution in [0.5, 0.6) is 0 Å². The molecule has 0 aliphatic carbocycles. The van der Waals surface area contributed by atoms with Crippen LogP contribution in [0.25, 0.3) is 0 Å². The fraction of sp³-hybridized carbons (Fsp3) is 0.412. The van der Waals surface area contributed by atoms with Crippen LogP contribution in [0.3, 0.4) is 0 Å². The van der Waals surface area contributed by atoms with E-state index in [1.165, 1.54) is 21.6 Å². The standard InChI is InChI=1S/C17H24N2S/c1-12-7-8-15(10-13(12)2)16(11-18)19(4)14(3)17-6-5-9-20-17/h5-10,14,16H,11,18H2,1-4H3. The van der Waals surface area contributed by atoms with Crippen LogP contribution in [0.4, 0.5) is 0 Å². The van der Waals surface area contributed by atoms with Gasteiger partial charge < -0.3 is 5.73 Å². The average Bonchev–Trinajstić information content (AvgIpc) is 2.96. The van der Waals surface area contributed by atoms with E-state index >= 15 is 0 Å². The normalized spacial score (nSPS) is 14.5. The molecule has 2 N–H and O–H groups in total. The van der Waals surface area contributed by atoms with E-state index in [9.17, 15) is 0 Å². The zero-order valence-electron chi connectivity index (χ0n) is 12.8. The summed E-state index contributed by atoms with van der Waals surface area (Å²) in [6, 6.07) is 11.6. The van der Waals surface area contributed by atoms with Gasteiger partial charge in [-0.2, -0.15) is 0 Å². The molecule has 20 heavy (non-hydrogen) atoms. The highest BCUT2D eigenvalue weighted by Crippen LogP contribution is 2.31. The van der Waals surface area contributed by atoms with E-state index in [1.807, 2.05) is 0 Å². The first kappa shape index (κ1) is 15.2. The van der Waals surface area contributed by atoms with Crippen LogP contribution in [0.15, 0.2) is 35.7 Å². The van der Waals surface area contributed by atoms with Crippen molar-refractivity contribution in [3.05, 3.63) is 57.3 Å². The Bertz CT molecular complexity index is 548. The number of likely N-dealkylation sites (N-methyl/N-ethyl adjacent to an activating group) is 1. The van der Waals surface area contributed by atoms with Crippen molar-refractivity contribution >= 4 is 11.3 Å². The lowest BCUT2D eigenvalue weighted by Crippen LogP contribution is -2.32. The second kappa shape index (κ2) is 6.53. The van der Waals surface area contributed by atoms with Crippen molar-refractivity contribution in [2.75, 3.05) is 13.6 Å². The first-order chi connectivity index (χ1) is 9.54. The minimum absolute atomic E-state index is 0.256. The molecular formula is C17H24N2S. The van der Waals surface area contributed by atoms with Gasteiger partial charge in [0, 0.05) is 23.5 Å². The van der Waals surface area contributed by atoms with Gasteiger partial charge in [0.1, 0.15) is 0 Å². The minimum atomic E-state index is 0.256. The van der Waals surface area contributed by atoms with Gasteiger partial charge in [0.2, 0.25) is 0 Å². The summed E-state index contributed by atoms with van der Waals surface area (Å²) in [5.41, 5.74) is 10.0. The molecule has 1 aromatic heterocycles. The molecule has 0 fully saturated rings. The summed E-state index contributed by atoms with van der Waals surface area (Å²) >= 11 is 1.81. The molecule has 1 heterocycles. The molecule has 0 saturated heterocycles. The molecular weight excluding hydrogens is 264 g/mol. The molecule has 2 aromatic rings. The Balaban J connectivity index is 2.24. The molecule has 2 unspecified atom stereocenters. The number of nitrogens with zero attached hydrogens (tertiary/aromatic N) is 1. The molecule has 0 aliphatic heterocycles. The third kappa shape index (κ3) is 3.11. The van der Waals surface area contributed by atoms with Gasteiger partial charge in [-0.3, -0.25) is 4.90 Å². The number of hydrogen-bond donors (Lipinski definition) is 1. The maximum Gasteiger partial charge on any atom is 0.0473 e. The SMILES string of the molecule is Cc1ccc(C(CN)N(C)C(C)c2cccs2)cc1C. The van der Waals surface area contributed by atoms with Crippen molar-refractivity contribution in [2.24, 2.45) is 5.73 Å². The van der Waals surface area contributed by atoms with Gasteiger partial charge in [-0.15, -0.1) is 11.3 Å². The van der Waals surface area contributed by atoms with Crippen LogP contribution < -0.4 is 5.73 Å². The van der Waals surface area contributed by atoms with Crippen molar-refractivity contribution in [1.29, 1.82) is 0 Å². The molecule has 0 bridgehead atoms. The average molecular weight is 288 g/mol. The van der Waals surface area contributed by atoms with Crippen molar-refractivity contribution in [2.45, 2.75) is 32.9 Å². The molecule has 2 atom stereocenters. The van der Waals surface area contributed by atoms with Crippen LogP contribution in [-0.2, 0) is 0 Å². The first-order valence-corrected chi connectivity index (χ1v) is 7.95. The van der Waals surface area contributed by atoms with Gasteiger partial charge >= 0.3 is 0 Å². The zero-order chi connectivity index (χ0) is 14.7. The molecule has 1 aromatic carbocycles. The Morgan fingerprint density at radius 3 is 2.50 bits per heavy atom. The summed E-state index contributed by atoms with van der Waals surface area (Å²) in [6.07, 6.45) is 0. The Morgan fingerprint density at radius 1 is 1.20 bits per heavy atom. The monoisotopic (exact) mass is 288 g/mol. The molecule has 0 aliphatic rings. The third-order valence-electron chi connectivity index (χ3n) is 4.20. The van der Waals surface area contributed by atoms with Crippen molar-refractivity contribution in [1.82, 2.24) is 4.90 Å². The lowest BCUT2D eigenvalue weighted by Gasteiger charge is -2.32. The third-order valence-corrected chi connectivity index (χ3v) is 5.24. The number of aryl methyl sites for hydroxylation is 2. The van der Waals surface area contributed by atoms with Gasteiger partial charge in [-0.05, 0) is 56.0 Å². The molecule has 0 amide bonds. The van der Waals surface area contributed by atoms with Crippen LogP contribution >= 0.6 is 11.3 Å². The number of thiophene rings is 1. The Morgan fingerprint density at radius 2 is 1.95 bits per heavy atom. The zero-order valence-corrected chi connectivity index (χ0v) is 13.6. The Kier molecular flexibility index (Phi) is 4.97. The topological polar surface area (TPSA) is 29.3 Å². The van der Waals surface area contributed by atoms with E-state index in [4.69, 9.17) is 5.73 Å². The summed E-state index contributed by atoms with van der Waals surface area (Å²) in [6.45, 7) is 7.19. The number of hydrogen-bond acceptors (Lipinski definition) is 3. The highest BCUT2D eigenvalue weighted by molar-refractivity contribution is 7.10. The van der Waals surface area contributed by atoms with E-state index in [0.717, 1.165) is 0 Å². The first-order valence-electron chi connectivity index (χ1n) is 7.07. The van der Waals surface area contributed by atoms with E-state index in [0.29, 0.717) is 12.6 Å². The number of nitrogens with two attached hydrogens (primary N) is 1. The maximum atomic E-state index is 6.05. The van der Waals surface area contributed by atoms with Gasteiger partial charge in [0.25, 0.3) is 0 Å². The molecule has 108 valence electrons. The highest BCUT2D eigenvalue weighted by Gasteiger charge is 2.22. The van der Waals surface area contributed by atoms with Gasteiger partial charge in [-0.25, -0.2) is 0 Å². The molecule has 2 nitrogen and oxygen atoms in total. The van der Waals surface area contributed by atoms with E-state index in [1.54, 1.807) is 11.3 Å². The molecule has 0 radical (unpaired) electrons. The predicted octanol–water partition coefficient (Wildman–Crippen LogP) is 4.06. The quantitative estimate of drug-likeness (QED) is 0.899. The van der Waals surface area contributed by atoms with Crippen LogP contribution in [-0.4, -0.2) is 18.5 Å². The smallest absolute Gasteiger partial charge is 0.0473 e. The summed E-state index contributed by atoms with van der Waals surface area (Å²) in [5.74, 6) is 0. The van der Waals surface area contributed by atoms with E-state index in [-0.39, 0.29) is 6.04 Å². The molecule has 3 heteroatoms. The Hall–Kier alpha value is -1.16. The molecule has 0 saturated carbocycles. The largest absolute Gasteiger partial charge is 0.329 e. The lowest BCUT2D eigenvalue weighted by molar-refractivity contribution is 0.193. The maximum absolute atomic E-state index is 6.05. The van der Waals surface area contributed by atoms with Gasteiger partial charge in [0.15, 0.2) is 0 Å². The van der Waals surface area contributed by atoms with Crippen molar-refractivity contribution < 1.29 is 0 Å². The minimum Gasteiger partial charge on any atom is -0.329 e. The van der Waals surface area contributed by atoms with Gasteiger partial charge in [-0.1, -0.05) is 24.3 Å². The van der Waals surface area contributed by atoms with E-state index in [2.05, 4.69) is 68.4 Å².